The first-order valence-corrected chi connectivity index (χ1v) is 8.71. The molecule has 134 valence electrons. The number of nitrogens with one attached hydrogen (secondary N) is 1. The number of anilines is 1. The first-order valence-electron chi connectivity index (χ1n) is 7.83. The summed E-state index contributed by atoms with van der Waals surface area (Å²) in [5.41, 5.74) is 2.56. The average Bonchev–Trinajstić information content (AvgIpc) is 3.19. The number of rotatable bonds is 6. The van der Waals surface area contributed by atoms with Crippen molar-refractivity contribution in [2.75, 3.05) is 12.4 Å². The summed E-state index contributed by atoms with van der Waals surface area (Å²) in [6.45, 7) is 0. The van der Waals surface area contributed by atoms with E-state index >= 15 is 0 Å². The fraction of sp³-hybridized carbons (Fsp3) is 0.0526. The van der Waals surface area contributed by atoms with Crippen molar-refractivity contribution in [3.05, 3.63) is 75.2 Å². The molecule has 1 aromatic heterocycles. The van der Waals surface area contributed by atoms with Gasteiger partial charge in [0.15, 0.2) is 0 Å². The molecule has 2 aromatic carbocycles. The number of allylic oxidation sites excluding steroid dienone is 1. The zero-order valence-electron chi connectivity index (χ0n) is 14.2. The second-order valence-corrected chi connectivity index (χ2v) is 6.22. The molecule has 8 heteroatoms. The van der Waals surface area contributed by atoms with Crippen molar-refractivity contribution >= 4 is 28.3 Å². The molecule has 0 unspecified atom stereocenters. The number of nitro groups is 1. The molecule has 1 N–H and O–H groups in total. The molecule has 0 aliphatic heterocycles. The summed E-state index contributed by atoms with van der Waals surface area (Å²) in [4.78, 5) is 14.9. The molecule has 0 amide bonds. The Bertz CT molecular complexity index is 1040. The topological polar surface area (TPSA) is 101 Å². The Morgan fingerprint density at radius 1 is 1.33 bits per heavy atom. The summed E-state index contributed by atoms with van der Waals surface area (Å²) < 4.78 is 5.18. The fourth-order valence-corrected chi connectivity index (χ4v) is 3.14. The molecule has 3 rings (SSSR count). The lowest BCUT2D eigenvalue weighted by Crippen LogP contribution is -1.96. The van der Waals surface area contributed by atoms with Crippen LogP contribution in [0.4, 0.5) is 11.4 Å². The molecular formula is C19H14N4O3S. The average molecular weight is 378 g/mol. The highest BCUT2D eigenvalue weighted by Gasteiger charge is 2.12. The molecule has 3 aromatic rings. The summed E-state index contributed by atoms with van der Waals surface area (Å²) in [7, 11) is 1.42. The molecule has 0 saturated carbocycles. The number of non-ortho nitro benzene ring substituents is 1. The van der Waals surface area contributed by atoms with Gasteiger partial charge in [0.25, 0.3) is 5.69 Å². The van der Waals surface area contributed by atoms with Crippen molar-refractivity contribution in [3.63, 3.8) is 0 Å². The number of thiazole rings is 1. The Balaban J connectivity index is 1.85. The van der Waals surface area contributed by atoms with Crippen LogP contribution in [0, 0.1) is 21.4 Å². The second kappa shape index (κ2) is 8.12. The number of hydrogen-bond donors (Lipinski definition) is 1. The highest BCUT2D eigenvalue weighted by atomic mass is 32.1. The highest BCUT2D eigenvalue weighted by molar-refractivity contribution is 7.11. The Morgan fingerprint density at radius 2 is 2.11 bits per heavy atom. The third kappa shape index (κ3) is 4.11. The van der Waals surface area contributed by atoms with E-state index in [-0.39, 0.29) is 5.69 Å². The minimum atomic E-state index is -0.497. The largest absolute Gasteiger partial charge is 0.494 e. The molecule has 0 saturated heterocycles. The van der Waals surface area contributed by atoms with Gasteiger partial charge in [0.2, 0.25) is 0 Å². The monoisotopic (exact) mass is 378 g/mol. The Kier molecular flexibility index (Phi) is 5.44. The molecule has 0 aliphatic rings. The Labute approximate surface area is 159 Å². The first kappa shape index (κ1) is 18.1. The molecule has 0 spiro atoms. The van der Waals surface area contributed by atoms with E-state index < -0.39 is 4.92 Å². The Hall–Kier alpha value is -3.70. The van der Waals surface area contributed by atoms with Crippen LogP contribution in [0.1, 0.15) is 5.01 Å². The minimum Gasteiger partial charge on any atom is -0.494 e. The maximum absolute atomic E-state index is 10.9. The predicted molar refractivity (Wildman–Crippen MR) is 104 cm³/mol. The van der Waals surface area contributed by atoms with Crippen LogP contribution >= 0.6 is 11.3 Å². The van der Waals surface area contributed by atoms with Gasteiger partial charge in [0, 0.05) is 23.2 Å². The lowest BCUT2D eigenvalue weighted by atomic mass is 10.2. The van der Waals surface area contributed by atoms with Gasteiger partial charge in [-0.3, -0.25) is 10.1 Å². The van der Waals surface area contributed by atoms with Gasteiger partial charge in [-0.05, 0) is 6.07 Å². The van der Waals surface area contributed by atoms with Crippen molar-refractivity contribution in [1.82, 2.24) is 4.98 Å². The van der Waals surface area contributed by atoms with Gasteiger partial charge in [0.05, 0.1) is 29.5 Å². The molecule has 0 atom stereocenters. The van der Waals surface area contributed by atoms with Crippen LogP contribution in [0.25, 0.3) is 16.8 Å². The molecule has 7 nitrogen and oxygen atoms in total. The molecule has 0 aliphatic carbocycles. The summed E-state index contributed by atoms with van der Waals surface area (Å²) >= 11 is 1.37. The zero-order valence-corrected chi connectivity index (χ0v) is 15.1. The lowest BCUT2D eigenvalue weighted by molar-refractivity contribution is -0.384. The Morgan fingerprint density at radius 3 is 2.78 bits per heavy atom. The van der Waals surface area contributed by atoms with Gasteiger partial charge in [-0.1, -0.05) is 30.3 Å². The lowest BCUT2D eigenvalue weighted by Gasteiger charge is -2.08. The van der Waals surface area contributed by atoms with Crippen LogP contribution in [0.2, 0.25) is 0 Å². The summed E-state index contributed by atoms with van der Waals surface area (Å²) in [5.74, 6) is 0.307. The summed E-state index contributed by atoms with van der Waals surface area (Å²) in [6.07, 6.45) is 1.51. The maximum atomic E-state index is 10.9. The number of methoxy groups -OCH3 is 1. The van der Waals surface area contributed by atoms with Crippen LogP contribution in [0.5, 0.6) is 5.75 Å². The number of ether oxygens (including phenoxy) is 1. The van der Waals surface area contributed by atoms with Gasteiger partial charge >= 0.3 is 0 Å². The smallest absolute Gasteiger partial charge is 0.273 e. The van der Waals surface area contributed by atoms with Gasteiger partial charge in [-0.25, -0.2) is 4.98 Å². The number of nitriles is 1. The van der Waals surface area contributed by atoms with Crippen LogP contribution in [-0.4, -0.2) is 17.0 Å². The predicted octanol–water partition coefficient (Wildman–Crippen LogP) is 4.70. The van der Waals surface area contributed by atoms with Crippen molar-refractivity contribution in [2.45, 2.75) is 0 Å². The van der Waals surface area contributed by atoms with E-state index in [1.807, 2.05) is 35.7 Å². The third-order valence-electron chi connectivity index (χ3n) is 3.69. The maximum Gasteiger partial charge on any atom is 0.273 e. The molecule has 0 radical (unpaired) electrons. The molecule has 0 bridgehead atoms. The van der Waals surface area contributed by atoms with Crippen molar-refractivity contribution < 1.29 is 9.66 Å². The van der Waals surface area contributed by atoms with E-state index in [9.17, 15) is 15.4 Å². The number of nitro benzene ring substituents is 1. The normalized spacial score (nSPS) is 10.9. The van der Waals surface area contributed by atoms with Crippen molar-refractivity contribution in [3.8, 4) is 23.1 Å². The number of benzene rings is 2. The van der Waals surface area contributed by atoms with Gasteiger partial charge in [-0.15, -0.1) is 11.3 Å². The zero-order chi connectivity index (χ0) is 19.2. The van der Waals surface area contributed by atoms with E-state index in [0.717, 1.165) is 11.3 Å². The second-order valence-electron chi connectivity index (χ2n) is 5.36. The van der Waals surface area contributed by atoms with E-state index in [1.54, 1.807) is 0 Å². The SMILES string of the molecule is COc1cc([N+](=O)[O-])ccc1NC=C(C#N)c1nc(-c2ccccc2)cs1. The first-order chi connectivity index (χ1) is 13.1. The van der Waals surface area contributed by atoms with Crippen LogP contribution < -0.4 is 10.1 Å². The van der Waals surface area contributed by atoms with E-state index in [2.05, 4.69) is 16.4 Å². The van der Waals surface area contributed by atoms with Crippen LogP contribution in [0.15, 0.2) is 60.1 Å². The fourth-order valence-electron chi connectivity index (χ4n) is 2.34. The van der Waals surface area contributed by atoms with E-state index in [1.165, 1.54) is 42.8 Å². The number of aromatic nitrogens is 1. The molecular weight excluding hydrogens is 364 g/mol. The summed E-state index contributed by atoms with van der Waals surface area (Å²) in [6, 6.07) is 16.0. The van der Waals surface area contributed by atoms with Gasteiger partial charge in [0.1, 0.15) is 22.4 Å². The number of nitrogens with zero attached hydrogens (tertiary/aromatic N) is 3. The minimum absolute atomic E-state index is 0.0747. The van der Waals surface area contributed by atoms with Gasteiger partial charge < -0.3 is 10.1 Å². The van der Waals surface area contributed by atoms with E-state index in [4.69, 9.17) is 4.74 Å². The standard InChI is InChI=1S/C19H14N4O3S/c1-26-18-9-15(23(24)25)7-8-16(18)21-11-14(10-20)19-22-17(12-27-19)13-5-3-2-4-6-13/h2-9,11-12,21H,1H3. The highest BCUT2D eigenvalue weighted by Crippen LogP contribution is 2.30. The van der Waals surface area contributed by atoms with Crippen LogP contribution in [0.3, 0.4) is 0 Å². The molecule has 0 fully saturated rings. The van der Waals surface area contributed by atoms with Crippen molar-refractivity contribution in [1.29, 1.82) is 5.26 Å². The van der Waals surface area contributed by atoms with Crippen LogP contribution in [-0.2, 0) is 0 Å². The third-order valence-corrected chi connectivity index (χ3v) is 4.57. The van der Waals surface area contributed by atoms with Gasteiger partial charge in [-0.2, -0.15) is 5.26 Å². The molecule has 27 heavy (non-hydrogen) atoms. The van der Waals surface area contributed by atoms with E-state index in [0.29, 0.717) is 22.0 Å². The quantitative estimate of drug-likeness (QED) is 0.379. The van der Waals surface area contributed by atoms with Crippen molar-refractivity contribution in [2.24, 2.45) is 0 Å². The molecule has 1 heterocycles. The number of hydrogen-bond acceptors (Lipinski definition) is 7. The summed E-state index contributed by atoms with van der Waals surface area (Å²) in [5, 5.41) is 25.8.